The number of fused-ring (bicyclic) bond motifs is 6. The van der Waals surface area contributed by atoms with Gasteiger partial charge in [0.05, 0.1) is 0 Å². The minimum Gasteiger partial charge on any atom is 0 e. The molecular weight excluding hydrogens is 874 g/mol. The molecule has 0 aliphatic carbocycles. The number of benzene rings is 4. The van der Waals surface area contributed by atoms with E-state index in [1.54, 1.807) is 8.79 Å². The number of pyridine rings is 2. The van der Waals surface area contributed by atoms with Gasteiger partial charge in [0.2, 0.25) is 0 Å². The van der Waals surface area contributed by atoms with Gasteiger partial charge in [-0.25, -0.2) is 0 Å². The summed E-state index contributed by atoms with van der Waals surface area (Å²) in [5.41, 5.74) is 10.9. The largest absolute Gasteiger partial charge is 0 e. The number of hydrogen-bond acceptors (Lipinski definition) is 3. The van der Waals surface area contributed by atoms with Gasteiger partial charge in [-0.15, -0.1) is 0 Å². The van der Waals surface area contributed by atoms with E-state index in [1.807, 2.05) is 42.7 Å². The number of hydrogen-bond donors (Lipinski definition) is 0. The number of aryl methyl sites for hydroxylation is 2. The van der Waals surface area contributed by atoms with E-state index in [2.05, 4.69) is 125 Å². The third-order valence-electron chi connectivity index (χ3n) is 9.38. The first-order chi connectivity index (χ1) is 22.0. The van der Waals surface area contributed by atoms with Gasteiger partial charge in [-0.05, 0) is 0 Å². The summed E-state index contributed by atoms with van der Waals surface area (Å²) in [6.45, 7) is 4.21. The van der Waals surface area contributed by atoms with Gasteiger partial charge in [-0.1, -0.05) is 0 Å². The second-order valence-electron chi connectivity index (χ2n) is 13.9. The van der Waals surface area contributed by atoms with Crippen molar-refractivity contribution in [2.45, 2.75) is 42.6 Å². The smallest absolute Gasteiger partial charge is 0 e. The molecule has 0 atom stereocenters. The zero-order valence-corrected chi connectivity index (χ0v) is 34.5. The SMILES string of the molecule is Cc1cnc(-c2[c-]ccc3c2oc2cc4[c](cc23)[Ge]([CH3])([CH3])[c]2ccccc2-4)cc1C.[CH3][Ge]([CH3])([CH3])[c]1ccc(-c2[c-]cccc2)nc1.[Ir]. The standard InChI is InChI=1S/C27H22GeNO.C14H16GeN.Ir/c1-16-12-25(29-15-17(16)2)20-10-7-9-19-22-13-24-21(14-26(22)30-27(19)20)18-8-5-6-11-23(18)28(24,3)4;1-15(2,3)13-9-10-14(16-11-13)12-7-5-4-6-8-12;/h5-9,11-15H,1-4H3;4-7,9-11H,1-3H3;/q2*-1;. The van der Waals surface area contributed by atoms with Gasteiger partial charge in [0.1, 0.15) is 0 Å². The minimum absolute atomic E-state index is 0. The molecule has 3 aromatic heterocycles. The Kier molecular flexibility index (Phi) is 9.27. The average molecular weight is 912 g/mol. The maximum absolute atomic E-state index is 6.47. The second kappa shape index (κ2) is 13.0. The van der Waals surface area contributed by atoms with Crippen LogP contribution in [0, 0.1) is 26.0 Å². The van der Waals surface area contributed by atoms with E-state index in [4.69, 9.17) is 4.42 Å². The molecule has 47 heavy (non-hydrogen) atoms. The molecule has 1 aliphatic rings. The molecule has 4 heterocycles. The maximum atomic E-state index is 6.47. The number of rotatable bonds is 3. The van der Waals surface area contributed by atoms with Crippen molar-refractivity contribution < 1.29 is 24.5 Å². The Hall–Kier alpha value is -3.28. The van der Waals surface area contributed by atoms with Crippen LogP contribution >= 0.6 is 0 Å². The molecule has 0 spiro atoms. The van der Waals surface area contributed by atoms with Gasteiger partial charge in [-0.3, -0.25) is 0 Å². The van der Waals surface area contributed by atoms with Crippen LogP contribution in [0.1, 0.15) is 11.1 Å². The first kappa shape index (κ1) is 33.6. The zero-order chi connectivity index (χ0) is 32.2. The second-order valence-corrected chi connectivity index (χ2v) is 33.6. The van der Waals surface area contributed by atoms with Crippen LogP contribution in [0.5, 0.6) is 0 Å². The predicted molar refractivity (Wildman–Crippen MR) is 199 cm³/mol. The molecule has 0 unspecified atom stereocenters. The van der Waals surface area contributed by atoms with E-state index in [0.29, 0.717) is 0 Å². The van der Waals surface area contributed by atoms with Gasteiger partial charge < -0.3 is 0 Å². The first-order valence-corrected chi connectivity index (χ1v) is 29.5. The van der Waals surface area contributed by atoms with Crippen molar-refractivity contribution >= 4 is 61.7 Å². The quantitative estimate of drug-likeness (QED) is 0.131. The Labute approximate surface area is 296 Å². The van der Waals surface area contributed by atoms with Crippen molar-refractivity contribution in [3.8, 4) is 33.6 Å². The van der Waals surface area contributed by atoms with Crippen molar-refractivity contribution in [2.24, 2.45) is 0 Å². The fourth-order valence-electron chi connectivity index (χ4n) is 6.44. The van der Waals surface area contributed by atoms with Crippen LogP contribution in [0.3, 0.4) is 0 Å². The summed E-state index contributed by atoms with van der Waals surface area (Å²) in [6, 6.07) is 38.7. The molecule has 0 bridgehead atoms. The third kappa shape index (κ3) is 6.22. The molecule has 0 fully saturated rings. The van der Waals surface area contributed by atoms with E-state index >= 15 is 0 Å². The van der Waals surface area contributed by atoms with E-state index in [-0.39, 0.29) is 20.1 Å². The molecule has 0 saturated heterocycles. The fourth-order valence-corrected chi connectivity index (χ4v) is 15.1. The van der Waals surface area contributed by atoms with Crippen LogP contribution in [0.2, 0.25) is 28.8 Å². The van der Waals surface area contributed by atoms with E-state index in [0.717, 1.165) is 39.1 Å². The monoisotopic (exact) mass is 915 g/mol. The van der Waals surface area contributed by atoms with Crippen molar-refractivity contribution in [1.82, 2.24) is 9.97 Å². The maximum Gasteiger partial charge on any atom is 0 e. The summed E-state index contributed by atoms with van der Waals surface area (Å²) in [4.78, 5) is 9.19. The molecule has 4 aromatic carbocycles. The summed E-state index contributed by atoms with van der Waals surface area (Å²) in [6.07, 6.45) is 3.97. The first-order valence-electron chi connectivity index (χ1n) is 15.9. The van der Waals surface area contributed by atoms with Crippen LogP contribution in [0.25, 0.3) is 55.6 Å². The van der Waals surface area contributed by atoms with Crippen molar-refractivity contribution in [1.29, 1.82) is 0 Å². The fraction of sp³-hybridized carbons (Fsp3) is 0.171. The van der Waals surface area contributed by atoms with Gasteiger partial charge in [0.15, 0.2) is 0 Å². The Morgan fingerprint density at radius 2 is 1.45 bits per heavy atom. The van der Waals surface area contributed by atoms with Crippen molar-refractivity contribution in [2.75, 3.05) is 0 Å². The number of furan rings is 1. The van der Waals surface area contributed by atoms with Gasteiger partial charge in [0.25, 0.3) is 0 Å². The predicted octanol–water partition coefficient (Wildman–Crippen LogP) is 8.96. The topological polar surface area (TPSA) is 38.9 Å². The summed E-state index contributed by atoms with van der Waals surface area (Å²) in [5, 5.41) is 2.35. The van der Waals surface area contributed by atoms with Gasteiger partial charge >= 0.3 is 279 Å². The number of aromatic nitrogens is 2. The van der Waals surface area contributed by atoms with Gasteiger partial charge in [0, 0.05) is 20.1 Å². The summed E-state index contributed by atoms with van der Waals surface area (Å²) >= 11 is -4.02. The Bertz CT molecular complexity index is 2230. The molecule has 0 saturated carbocycles. The molecule has 1 aliphatic heterocycles. The van der Waals surface area contributed by atoms with Gasteiger partial charge in [-0.2, -0.15) is 0 Å². The minimum atomic E-state index is -2.30. The van der Waals surface area contributed by atoms with E-state index < -0.39 is 26.5 Å². The van der Waals surface area contributed by atoms with Crippen LogP contribution in [0.15, 0.2) is 108 Å². The molecule has 237 valence electrons. The zero-order valence-electron chi connectivity index (χ0n) is 28.0. The normalized spacial score (nSPS) is 13.0. The molecule has 1 radical (unpaired) electrons. The average Bonchev–Trinajstić information content (AvgIpc) is 3.53. The summed E-state index contributed by atoms with van der Waals surface area (Å²) in [5.74, 6) is 12.1. The summed E-state index contributed by atoms with van der Waals surface area (Å²) < 4.78 is 11.0. The molecule has 6 heteroatoms. The molecular formula is C41H38Ge2IrN2O-2. The molecule has 0 N–H and O–H groups in total. The third-order valence-corrected chi connectivity index (χ3v) is 21.1. The Morgan fingerprint density at radius 1 is 0.681 bits per heavy atom. The van der Waals surface area contributed by atoms with Crippen LogP contribution < -0.4 is 13.2 Å². The Morgan fingerprint density at radius 3 is 2.15 bits per heavy atom. The van der Waals surface area contributed by atoms with Crippen LogP contribution in [-0.4, -0.2) is 36.5 Å². The van der Waals surface area contributed by atoms with Crippen LogP contribution in [-0.2, 0) is 20.1 Å². The number of nitrogens with zero attached hydrogens (tertiary/aromatic N) is 2. The summed E-state index contributed by atoms with van der Waals surface area (Å²) in [7, 11) is 0. The van der Waals surface area contributed by atoms with E-state index in [9.17, 15) is 0 Å². The molecule has 0 amide bonds. The Balaban J connectivity index is 0.000000194. The van der Waals surface area contributed by atoms with Crippen molar-refractivity contribution in [3.05, 3.63) is 127 Å². The molecule has 8 rings (SSSR count). The molecule has 7 aromatic rings. The molecule has 3 nitrogen and oxygen atoms in total. The van der Waals surface area contributed by atoms with E-state index in [1.165, 1.54) is 32.0 Å². The van der Waals surface area contributed by atoms with Crippen molar-refractivity contribution in [3.63, 3.8) is 0 Å². The van der Waals surface area contributed by atoms with Crippen LogP contribution in [0.4, 0.5) is 0 Å².